The van der Waals surface area contributed by atoms with Crippen molar-refractivity contribution in [1.82, 2.24) is 0 Å². The highest BCUT2D eigenvalue weighted by atomic mass is 16.8. The Balaban J connectivity index is 1.26. The van der Waals surface area contributed by atoms with Gasteiger partial charge in [0.25, 0.3) is 0 Å². The fourth-order valence-corrected chi connectivity index (χ4v) is 7.29. The highest BCUT2D eigenvalue weighted by Crippen LogP contribution is 2.41. The Bertz CT molecular complexity index is 2470. The van der Waals surface area contributed by atoms with Crippen molar-refractivity contribution >= 4 is 23.0 Å². The van der Waals surface area contributed by atoms with Crippen molar-refractivity contribution < 1.29 is 114 Å². The lowest BCUT2D eigenvalue weighted by Crippen LogP contribution is -2.65. The summed E-state index contributed by atoms with van der Waals surface area (Å²) in [6.45, 7) is -0.343. The van der Waals surface area contributed by atoms with Gasteiger partial charge < -0.3 is 109 Å². The molecular weight excluding hydrogens is 888 g/mol. The van der Waals surface area contributed by atoms with E-state index in [1.54, 1.807) is 0 Å². The number of aliphatic hydroxyl groups is 9. The standard InChI is InChI=1S/C42H46O24/c1-14-28(50)32(54)35(57)40(60-14)61-17-10-22(48)27-23(11-17)62-37(16-4-6-19(45)21(47)9-16)38(31(27)53)65-42-39(66-41-36(58)33(55)29(51)24(12-43)63-41)34(56)30(52)25(64-42)13-59-26(49)7-3-15-2-5-18(44)20(46)8-15/h2-11,14,24-25,28-30,32-36,39-48,50-52,54-58H,12-13H2,1H3/b7-3+/t14-,24-,25+,28-,29+,30+,32+,33-,34-,35-,36+,39+,40-,41-,42-/m0/s1. The van der Waals surface area contributed by atoms with Crippen LogP contribution in [0.3, 0.4) is 0 Å². The van der Waals surface area contributed by atoms with E-state index in [1.165, 1.54) is 19.1 Å². The SMILES string of the molecule is C[C@@H]1O[C@@H](Oc2cc(O)c3c(=O)c(O[C@@H]4O[C@H](COC(=O)/C=C/c5ccc(O)c(O)c5)[C@@H](O)[C@H](O)[C@H]4O[C@@H]4O[C@@H](CO)[C@@H](O)[C@H](O)[C@H]4O)c(-c4ccc(O)c(O)c4)oc3c2)[C@@H](O)[C@H](O)[C@H]1O. The maximum absolute atomic E-state index is 14.5. The van der Waals surface area contributed by atoms with E-state index in [0.717, 1.165) is 48.5 Å². The van der Waals surface area contributed by atoms with Crippen molar-refractivity contribution in [3.8, 4) is 51.6 Å². The molecule has 358 valence electrons. The molecule has 15 atom stereocenters. The van der Waals surface area contributed by atoms with Gasteiger partial charge in [-0.05, 0) is 48.9 Å². The smallest absolute Gasteiger partial charge is 0.330 e. The molecule has 4 heterocycles. The molecule has 0 saturated carbocycles. The van der Waals surface area contributed by atoms with Crippen LogP contribution in [0, 0.1) is 0 Å². The predicted octanol–water partition coefficient (Wildman–Crippen LogP) is -2.54. The van der Waals surface area contributed by atoms with Gasteiger partial charge in [0, 0.05) is 23.8 Å². The number of ether oxygens (including phenoxy) is 7. The Hall–Kier alpha value is -5.84. The Morgan fingerprint density at radius 1 is 0.652 bits per heavy atom. The van der Waals surface area contributed by atoms with E-state index in [2.05, 4.69) is 0 Å². The van der Waals surface area contributed by atoms with Crippen LogP contribution in [0.1, 0.15) is 12.5 Å². The molecule has 24 nitrogen and oxygen atoms in total. The summed E-state index contributed by atoms with van der Waals surface area (Å²) in [4.78, 5) is 27.3. The lowest BCUT2D eigenvalue weighted by Gasteiger charge is -2.45. The van der Waals surface area contributed by atoms with Crippen LogP contribution in [0.15, 0.2) is 63.8 Å². The number of carbonyl (C=O) groups excluding carboxylic acids is 1. The monoisotopic (exact) mass is 934 g/mol. The third-order valence-corrected chi connectivity index (χ3v) is 11.0. The van der Waals surface area contributed by atoms with Crippen LogP contribution in [0.4, 0.5) is 0 Å². The molecule has 3 aromatic carbocycles. The number of carbonyl (C=O) groups is 1. The summed E-state index contributed by atoms with van der Waals surface area (Å²) < 4.78 is 45.6. The normalized spacial score (nSPS) is 32.6. The second-order valence-corrected chi connectivity index (χ2v) is 15.6. The van der Waals surface area contributed by atoms with Crippen molar-refractivity contribution in [2.75, 3.05) is 13.2 Å². The molecule has 3 aliphatic rings. The molecule has 24 heteroatoms. The first kappa shape index (κ1) is 48.1. The zero-order valence-electron chi connectivity index (χ0n) is 34.2. The van der Waals surface area contributed by atoms with E-state index in [9.17, 15) is 81.1 Å². The molecule has 0 aliphatic carbocycles. The summed E-state index contributed by atoms with van der Waals surface area (Å²) in [5, 5.41) is 146. The van der Waals surface area contributed by atoms with Crippen molar-refractivity contribution in [2.24, 2.45) is 0 Å². The third-order valence-electron chi connectivity index (χ3n) is 11.0. The number of phenolic OH excluding ortho intramolecular Hbond substituents is 5. The molecule has 3 aliphatic heterocycles. The van der Waals surface area contributed by atoms with Crippen LogP contribution >= 0.6 is 0 Å². The number of fused-ring (bicyclic) bond motifs is 1. The largest absolute Gasteiger partial charge is 0.507 e. The first-order valence-electron chi connectivity index (χ1n) is 20.0. The molecular formula is C42H46O24. The van der Waals surface area contributed by atoms with Gasteiger partial charge in [0.2, 0.25) is 23.8 Å². The van der Waals surface area contributed by atoms with Gasteiger partial charge in [0.1, 0.15) is 90.1 Å². The van der Waals surface area contributed by atoms with Crippen LogP contribution in [0.5, 0.6) is 40.2 Å². The average Bonchev–Trinajstić information content (AvgIpc) is 3.28. The Labute approximate surface area is 370 Å². The number of aliphatic hydroxyl groups excluding tert-OH is 9. The Morgan fingerprint density at radius 3 is 1.97 bits per heavy atom. The Kier molecular flexibility index (Phi) is 14.3. The lowest BCUT2D eigenvalue weighted by atomic mass is 9.97. The molecule has 0 unspecified atom stereocenters. The minimum absolute atomic E-state index is 0.191. The number of phenols is 5. The topological polar surface area (TPSA) is 395 Å². The average molecular weight is 935 g/mol. The summed E-state index contributed by atoms with van der Waals surface area (Å²) in [7, 11) is 0. The summed E-state index contributed by atoms with van der Waals surface area (Å²) >= 11 is 0. The zero-order valence-corrected chi connectivity index (χ0v) is 34.2. The van der Waals surface area contributed by atoms with Crippen LogP contribution in [-0.2, 0) is 28.5 Å². The summed E-state index contributed by atoms with van der Waals surface area (Å²) in [6, 6.07) is 8.73. The van der Waals surface area contributed by atoms with Crippen LogP contribution < -0.4 is 14.9 Å². The number of hydrogen-bond donors (Lipinski definition) is 14. The van der Waals surface area contributed by atoms with Gasteiger partial charge in [-0.1, -0.05) is 6.07 Å². The quantitative estimate of drug-likeness (QED) is 0.0395. The zero-order chi connectivity index (χ0) is 47.9. The summed E-state index contributed by atoms with van der Waals surface area (Å²) in [5.74, 6) is -5.87. The number of esters is 1. The molecule has 0 radical (unpaired) electrons. The molecule has 14 N–H and O–H groups in total. The third kappa shape index (κ3) is 9.67. The predicted molar refractivity (Wildman–Crippen MR) is 216 cm³/mol. The van der Waals surface area contributed by atoms with Gasteiger partial charge in [0.15, 0.2) is 41.2 Å². The highest BCUT2D eigenvalue weighted by molar-refractivity contribution is 5.89. The van der Waals surface area contributed by atoms with E-state index in [1.807, 2.05) is 0 Å². The maximum Gasteiger partial charge on any atom is 0.330 e. The van der Waals surface area contributed by atoms with Gasteiger partial charge in [-0.3, -0.25) is 4.79 Å². The molecule has 3 fully saturated rings. The maximum atomic E-state index is 14.5. The minimum atomic E-state index is -2.17. The van der Waals surface area contributed by atoms with Gasteiger partial charge in [-0.2, -0.15) is 0 Å². The fourth-order valence-electron chi connectivity index (χ4n) is 7.29. The van der Waals surface area contributed by atoms with E-state index >= 15 is 0 Å². The number of benzene rings is 3. The van der Waals surface area contributed by atoms with Crippen molar-refractivity contribution in [2.45, 2.75) is 99.0 Å². The second-order valence-electron chi connectivity index (χ2n) is 15.6. The fraction of sp³-hybridized carbons (Fsp3) is 0.429. The van der Waals surface area contributed by atoms with E-state index in [-0.39, 0.29) is 16.9 Å². The molecule has 0 spiro atoms. The lowest BCUT2D eigenvalue weighted by molar-refractivity contribution is -0.358. The van der Waals surface area contributed by atoms with E-state index in [4.69, 9.17) is 37.6 Å². The van der Waals surface area contributed by atoms with Crippen molar-refractivity contribution in [1.29, 1.82) is 0 Å². The molecule has 66 heavy (non-hydrogen) atoms. The first-order chi connectivity index (χ1) is 31.3. The summed E-state index contributed by atoms with van der Waals surface area (Å²) in [6.07, 6.45) is -25.1. The van der Waals surface area contributed by atoms with Crippen LogP contribution in [0.2, 0.25) is 0 Å². The van der Waals surface area contributed by atoms with E-state index < -0.39 is 168 Å². The molecule has 7 rings (SSSR count). The molecule has 0 amide bonds. The van der Waals surface area contributed by atoms with Gasteiger partial charge in [-0.25, -0.2) is 4.79 Å². The van der Waals surface area contributed by atoms with Crippen LogP contribution in [0.25, 0.3) is 28.4 Å². The number of rotatable bonds is 12. The van der Waals surface area contributed by atoms with Gasteiger partial charge in [-0.15, -0.1) is 0 Å². The Morgan fingerprint density at radius 2 is 1.29 bits per heavy atom. The van der Waals surface area contributed by atoms with Crippen molar-refractivity contribution in [3.63, 3.8) is 0 Å². The molecule has 4 aromatic rings. The van der Waals surface area contributed by atoms with Gasteiger partial charge in [0.05, 0.1) is 12.7 Å². The number of hydrogen-bond acceptors (Lipinski definition) is 24. The second kappa shape index (κ2) is 19.6. The highest BCUT2D eigenvalue weighted by Gasteiger charge is 2.52. The van der Waals surface area contributed by atoms with Gasteiger partial charge >= 0.3 is 5.97 Å². The first-order valence-corrected chi connectivity index (χ1v) is 20.0. The van der Waals surface area contributed by atoms with Crippen molar-refractivity contribution in [3.05, 3.63) is 70.4 Å². The summed E-state index contributed by atoms with van der Waals surface area (Å²) in [5.41, 5.74) is -1.57. The molecule has 3 saturated heterocycles. The minimum Gasteiger partial charge on any atom is -0.507 e. The van der Waals surface area contributed by atoms with E-state index in [0.29, 0.717) is 0 Å². The molecule has 1 aromatic heterocycles. The molecule has 0 bridgehead atoms. The number of aromatic hydroxyl groups is 5. The van der Waals surface area contributed by atoms with Crippen LogP contribution in [-0.4, -0.2) is 183 Å².